The van der Waals surface area contributed by atoms with Crippen LogP contribution in [0, 0.1) is 5.92 Å². The number of thioether (sulfide) groups is 2. The van der Waals surface area contributed by atoms with Gasteiger partial charge >= 0.3 is 0 Å². The van der Waals surface area contributed by atoms with E-state index in [1.807, 2.05) is 59.0 Å². The van der Waals surface area contributed by atoms with Gasteiger partial charge in [-0.1, -0.05) is 44.2 Å². The van der Waals surface area contributed by atoms with Crippen molar-refractivity contribution in [1.29, 1.82) is 0 Å². The molecule has 1 fully saturated rings. The first-order valence-corrected chi connectivity index (χ1v) is 13.6. The van der Waals surface area contributed by atoms with Gasteiger partial charge in [-0.25, -0.2) is 4.68 Å². The van der Waals surface area contributed by atoms with Crippen molar-refractivity contribution in [2.24, 2.45) is 10.9 Å². The van der Waals surface area contributed by atoms with Crippen LogP contribution in [0.3, 0.4) is 0 Å². The summed E-state index contributed by atoms with van der Waals surface area (Å²) < 4.78 is 1.88. The number of hydrogen-bond acceptors (Lipinski definition) is 5. The number of likely N-dealkylation sites (tertiary alicyclic amines) is 1. The van der Waals surface area contributed by atoms with Crippen LogP contribution in [0.1, 0.15) is 32.3 Å². The number of piperidine rings is 1. The van der Waals surface area contributed by atoms with E-state index in [9.17, 15) is 4.79 Å². The molecule has 0 spiro atoms. The standard InChI is InChI=1S/C27H28N4OS2/c1-3-33-23-11-9-20(10-12-23)25-21(18-31(29-25)22-7-5-4-6-8-22)17-24-26(32)28-27(34-24)30-15-13-19(2)14-16-30/h4-12,17-19H,3,13-16H2,1-2H3. The van der Waals surface area contributed by atoms with E-state index in [1.165, 1.54) is 16.7 Å². The van der Waals surface area contributed by atoms with Gasteiger partial charge < -0.3 is 4.90 Å². The Hall–Kier alpha value is -2.77. The van der Waals surface area contributed by atoms with E-state index in [4.69, 9.17) is 5.10 Å². The minimum absolute atomic E-state index is 0.160. The van der Waals surface area contributed by atoms with Crippen molar-refractivity contribution in [2.75, 3.05) is 18.8 Å². The van der Waals surface area contributed by atoms with Gasteiger partial charge in [0.15, 0.2) is 5.17 Å². The molecule has 174 valence electrons. The summed E-state index contributed by atoms with van der Waals surface area (Å²) in [5.41, 5.74) is 3.79. The number of nitrogens with zero attached hydrogens (tertiary/aromatic N) is 4. The average molecular weight is 489 g/mol. The normalized spacial score (nSPS) is 18.1. The Balaban J connectivity index is 1.47. The molecule has 0 aliphatic carbocycles. The predicted octanol–water partition coefficient (Wildman–Crippen LogP) is 6.35. The summed E-state index contributed by atoms with van der Waals surface area (Å²) in [6, 6.07) is 18.5. The molecular weight excluding hydrogens is 460 g/mol. The summed E-state index contributed by atoms with van der Waals surface area (Å²) in [7, 11) is 0. The van der Waals surface area contributed by atoms with Gasteiger partial charge in [0.2, 0.25) is 0 Å². The molecule has 0 radical (unpaired) electrons. The molecule has 5 nitrogen and oxygen atoms in total. The zero-order chi connectivity index (χ0) is 23.5. The van der Waals surface area contributed by atoms with E-state index < -0.39 is 0 Å². The van der Waals surface area contributed by atoms with Crippen LogP contribution in [0.2, 0.25) is 0 Å². The molecule has 1 amide bonds. The Bertz CT molecular complexity index is 1220. The molecule has 2 aromatic carbocycles. The molecule has 0 atom stereocenters. The number of hydrogen-bond donors (Lipinski definition) is 0. The molecule has 2 aliphatic heterocycles. The molecule has 7 heteroatoms. The number of carbonyl (C=O) groups is 1. The van der Waals surface area contributed by atoms with Crippen LogP contribution in [0.25, 0.3) is 23.0 Å². The number of aliphatic imine (C=N–C) groups is 1. The summed E-state index contributed by atoms with van der Waals surface area (Å²) in [5.74, 6) is 1.62. The monoisotopic (exact) mass is 488 g/mol. The zero-order valence-electron chi connectivity index (χ0n) is 19.5. The Labute approximate surface area is 209 Å². The number of aromatic nitrogens is 2. The molecular formula is C27H28N4OS2. The van der Waals surface area contributed by atoms with Crippen LogP contribution in [-0.2, 0) is 4.79 Å². The molecule has 34 heavy (non-hydrogen) atoms. The van der Waals surface area contributed by atoms with E-state index in [0.29, 0.717) is 4.91 Å². The second kappa shape index (κ2) is 10.2. The maximum atomic E-state index is 12.8. The highest BCUT2D eigenvalue weighted by atomic mass is 32.2. The lowest BCUT2D eigenvalue weighted by atomic mass is 10.00. The second-order valence-electron chi connectivity index (χ2n) is 8.65. The lowest BCUT2D eigenvalue weighted by Gasteiger charge is -2.30. The Morgan fingerprint density at radius 1 is 1.09 bits per heavy atom. The first-order valence-electron chi connectivity index (χ1n) is 11.8. The van der Waals surface area contributed by atoms with Crippen molar-refractivity contribution >= 4 is 40.7 Å². The van der Waals surface area contributed by atoms with Crippen molar-refractivity contribution in [3.05, 3.63) is 71.3 Å². The van der Waals surface area contributed by atoms with Crippen LogP contribution < -0.4 is 0 Å². The fourth-order valence-corrected chi connectivity index (χ4v) is 5.80. The molecule has 0 saturated carbocycles. The van der Waals surface area contributed by atoms with Crippen LogP contribution in [0.4, 0.5) is 0 Å². The van der Waals surface area contributed by atoms with Crippen molar-refractivity contribution < 1.29 is 4.79 Å². The van der Waals surface area contributed by atoms with Gasteiger partial charge in [-0.05, 0) is 66.6 Å². The summed E-state index contributed by atoms with van der Waals surface area (Å²) in [6.07, 6.45) is 6.24. The van der Waals surface area contributed by atoms with Crippen LogP contribution in [-0.4, -0.2) is 44.6 Å². The number of amides is 1. The average Bonchev–Trinajstić information content (AvgIpc) is 3.45. The number of para-hydroxylation sites is 1. The number of benzene rings is 2. The SMILES string of the molecule is CCSc1ccc(-c2nn(-c3ccccc3)cc2C=C2SC(N3CCC(C)CC3)=NC2=O)cc1. The lowest BCUT2D eigenvalue weighted by molar-refractivity contribution is -0.113. The molecule has 2 aliphatic rings. The number of rotatable bonds is 5. The Kier molecular flexibility index (Phi) is 6.92. The van der Waals surface area contributed by atoms with Crippen LogP contribution in [0.5, 0.6) is 0 Å². The molecule has 5 rings (SSSR count). The van der Waals surface area contributed by atoms with E-state index in [2.05, 4.69) is 48.0 Å². The van der Waals surface area contributed by atoms with Gasteiger partial charge in [-0.3, -0.25) is 4.79 Å². The topological polar surface area (TPSA) is 50.5 Å². The van der Waals surface area contributed by atoms with Crippen LogP contribution in [0.15, 0.2) is 75.6 Å². The largest absolute Gasteiger partial charge is 0.351 e. The van der Waals surface area contributed by atoms with Crippen molar-refractivity contribution in [2.45, 2.75) is 31.6 Å². The van der Waals surface area contributed by atoms with E-state index in [0.717, 1.165) is 65.3 Å². The van der Waals surface area contributed by atoms with Gasteiger partial charge in [0, 0.05) is 35.3 Å². The highest BCUT2D eigenvalue weighted by Crippen LogP contribution is 2.35. The Morgan fingerprint density at radius 2 is 1.82 bits per heavy atom. The van der Waals surface area contributed by atoms with Crippen LogP contribution >= 0.6 is 23.5 Å². The highest BCUT2D eigenvalue weighted by Gasteiger charge is 2.28. The summed E-state index contributed by atoms with van der Waals surface area (Å²) >= 11 is 3.31. The molecule has 3 aromatic rings. The quantitative estimate of drug-likeness (QED) is 0.309. The smallest absolute Gasteiger partial charge is 0.286 e. The van der Waals surface area contributed by atoms with Gasteiger partial charge in [0.05, 0.1) is 16.3 Å². The van der Waals surface area contributed by atoms with Gasteiger partial charge in [-0.2, -0.15) is 10.1 Å². The lowest BCUT2D eigenvalue weighted by Crippen LogP contribution is -2.35. The Morgan fingerprint density at radius 3 is 2.53 bits per heavy atom. The zero-order valence-corrected chi connectivity index (χ0v) is 21.1. The summed E-state index contributed by atoms with van der Waals surface area (Å²) in [4.78, 5) is 21.3. The van der Waals surface area contributed by atoms with Crippen molar-refractivity contribution in [3.8, 4) is 16.9 Å². The van der Waals surface area contributed by atoms with E-state index in [1.54, 1.807) is 0 Å². The third-order valence-corrected chi connectivity index (χ3v) is 8.09. The van der Waals surface area contributed by atoms with E-state index >= 15 is 0 Å². The summed E-state index contributed by atoms with van der Waals surface area (Å²) in [6.45, 7) is 6.37. The molecule has 1 aromatic heterocycles. The van der Waals surface area contributed by atoms with Gasteiger partial charge in [0.1, 0.15) is 0 Å². The maximum absolute atomic E-state index is 12.8. The molecule has 1 saturated heterocycles. The third-order valence-electron chi connectivity index (χ3n) is 6.15. The minimum Gasteiger partial charge on any atom is -0.351 e. The van der Waals surface area contributed by atoms with Gasteiger partial charge in [0.25, 0.3) is 5.91 Å². The number of carbonyl (C=O) groups excluding carboxylic acids is 1. The molecule has 3 heterocycles. The maximum Gasteiger partial charge on any atom is 0.286 e. The fourth-order valence-electron chi connectivity index (χ4n) is 4.18. The summed E-state index contributed by atoms with van der Waals surface area (Å²) in [5, 5.41) is 5.74. The first-order chi connectivity index (χ1) is 16.6. The first kappa shape index (κ1) is 23.0. The fraction of sp³-hybridized carbons (Fsp3) is 0.296. The molecule has 0 bridgehead atoms. The van der Waals surface area contributed by atoms with E-state index in [-0.39, 0.29) is 5.91 Å². The predicted molar refractivity (Wildman–Crippen MR) is 143 cm³/mol. The molecule has 0 unspecified atom stereocenters. The van der Waals surface area contributed by atoms with Gasteiger partial charge in [-0.15, -0.1) is 11.8 Å². The van der Waals surface area contributed by atoms with Crippen molar-refractivity contribution in [3.63, 3.8) is 0 Å². The highest BCUT2D eigenvalue weighted by molar-refractivity contribution is 8.18. The minimum atomic E-state index is -0.160. The number of amidine groups is 1. The second-order valence-corrected chi connectivity index (χ2v) is 11.0. The third kappa shape index (κ3) is 5.00. The molecule has 0 N–H and O–H groups in total. The van der Waals surface area contributed by atoms with Crippen molar-refractivity contribution in [1.82, 2.24) is 14.7 Å².